The van der Waals surface area contributed by atoms with Gasteiger partial charge in [0.25, 0.3) is 0 Å². The van der Waals surface area contributed by atoms with Crippen LogP contribution in [0.2, 0.25) is 0 Å². The Morgan fingerprint density at radius 2 is 1.70 bits per heavy atom. The fourth-order valence-electron chi connectivity index (χ4n) is 3.05. The van der Waals surface area contributed by atoms with Crippen molar-refractivity contribution in [2.75, 3.05) is 32.7 Å². The van der Waals surface area contributed by atoms with Crippen molar-refractivity contribution in [3.8, 4) is 0 Å². The second-order valence-corrected chi connectivity index (χ2v) is 8.79. The van der Waals surface area contributed by atoms with Gasteiger partial charge in [-0.2, -0.15) is 0 Å². The predicted molar refractivity (Wildman–Crippen MR) is 112 cm³/mol. The number of rotatable bonds is 8. The van der Waals surface area contributed by atoms with Crippen molar-refractivity contribution in [2.45, 2.75) is 50.3 Å². The van der Waals surface area contributed by atoms with E-state index in [1.54, 1.807) is 11.8 Å². The molecule has 27 heavy (non-hydrogen) atoms. The first-order chi connectivity index (χ1) is 12.9. The van der Waals surface area contributed by atoms with E-state index in [1.807, 2.05) is 30.0 Å². The topological polar surface area (TPSA) is 52.7 Å². The summed E-state index contributed by atoms with van der Waals surface area (Å²) in [6, 6.07) is 10.3. The second-order valence-electron chi connectivity index (χ2n) is 7.57. The Bertz CT molecular complexity index is 601. The van der Waals surface area contributed by atoms with E-state index in [2.05, 4.69) is 43.1 Å². The Kier molecular flexibility index (Phi) is 8.64. The van der Waals surface area contributed by atoms with Crippen LogP contribution >= 0.6 is 11.8 Å². The fourth-order valence-corrected chi connectivity index (χ4v) is 4.18. The summed E-state index contributed by atoms with van der Waals surface area (Å²) in [6.07, 6.45) is 0.934. The first-order valence-corrected chi connectivity index (χ1v) is 10.8. The second kappa shape index (κ2) is 10.7. The number of benzene rings is 1. The molecule has 0 spiro atoms. The number of carbonyl (C=O) groups is 2. The lowest BCUT2D eigenvalue weighted by molar-refractivity contribution is -0.133. The molecule has 1 N–H and O–H groups in total. The average molecular weight is 392 g/mol. The summed E-state index contributed by atoms with van der Waals surface area (Å²) in [4.78, 5) is 30.4. The van der Waals surface area contributed by atoms with Crippen LogP contribution in [0.15, 0.2) is 35.2 Å². The molecule has 1 aliphatic heterocycles. The van der Waals surface area contributed by atoms with Gasteiger partial charge in [-0.3, -0.25) is 14.5 Å². The Morgan fingerprint density at radius 3 is 2.26 bits per heavy atom. The van der Waals surface area contributed by atoms with Crippen molar-refractivity contribution < 1.29 is 9.59 Å². The number of hydrogen-bond donors (Lipinski definition) is 1. The highest BCUT2D eigenvalue weighted by molar-refractivity contribution is 8.00. The molecular formula is C21H33N3O2S. The molecule has 0 radical (unpaired) electrons. The number of thioether (sulfide) groups is 1. The van der Waals surface area contributed by atoms with Crippen molar-refractivity contribution in [1.29, 1.82) is 0 Å². The van der Waals surface area contributed by atoms with E-state index >= 15 is 0 Å². The third-order valence-corrected chi connectivity index (χ3v) is 6.47. The fraction of sp³-hybridized carbons (Fsp3) is 0.619. The van der Waals surface area contributed by atoms with Crippen molar-refractivity contribution >= 4 is 23.6 Å². The number of carbonyl (C=O) groups excluding carboxylic acids is 2. The van der Waals surface area contributed by atoms with Crippen molar-refractivity contribution in [2.24, 2.45) is 5.92 Å². The van der Waals surface area contributed by atoms with Crippen LogP contribution < -0.4 is 5.32 Å². The number of piperazine rings is 1. The van der Waals surface area contributed by atoms with Gasteiger partial charge in [0.1, 0.15) is 0 Å². The summed E-state index contributed by atoms with van der Waals surface area (Å²) in [7, 11) is 0. The zero-order valence-electron chi connectivity index (χ0n) is 17.0. The maximum absolute atomic E-state index is 13.1. The quantitative estimate of drug-likeness (QED) is 0.693. The van der Waals surface area contributed by atoms with Gasteiger partial charge >= 0.3 is 0 Å². The lowest BCUT2D eigenvalue weighted by atomic mass is 10.1. The molecule has 1 saturated heterocycles. The van der Waals surface area contributed by atoms with Gasteiger partial charge in [-0.25, -0.2) is 0 Å². The molecule has 2 amide bonds. The van der Waals surface area contributed by atoms with Gasteiger partial charge in [0.2, 0.25) is 11.8 Å². The van der Waals surface area contributed by atoms with Crippen molar-refractivity contribution in [3.05, 3.63) is 30.3 Å². The molecule has 2 rings (SSSR count). The summed E-state index contributed by atoms with van der Waals surface area (Å²) in [5.74, 6) is 0.549. The Balaban J connectivity index is 1.86. The normalized spacial score (nSPS) is 17.6. The van der Waals surface area contributed by atoms with E-state index in [0.29, 0.717) is 19.6 Å². The smallest absolute Gasteiger partial charge is 0.236 e. The molecule has 6 heteroatoms. The molecule has 0 aliphatic carbocycles. The Hall–Kier alpha value is -1.53. The van der Waals surface area contributed by atoms with Crippen LogP contribution in [0, 0.1) is 5.92 Å². The van der Waals surface area contributed by atoms with E-state index in [9.17, 15) is 9.59 Å². The number of nitrogens with one attached hydrogen (secondary N) is 1. The van der Waals surface area contributed by atoms with E-state index in [0.717, 1.165) is 24.4 Å². The van der Waals surface area contributed by atoms with Crippen LogP contribution in [0.1, 0.15) is 34.1 Å². The molecule has 1 fully saturated rings. The van der Waals surface area contributed by atoms with Crippen molar-refractivity contribution in [1.82, 2.24) is 15.1 Å². The summed E-state index contributed by atoms with van der Waals surface area (Å²) in [5, 5.41) is 2.93. The molecule has 2 atom stereocenters. The predicted octanol–water partition coefficient (Wildman–Crippen LogP) is 2.86. The summed E-state index contributed by atoms with van der Waals surface area (Å²) >= 11 is 1.65. The maximum atomic E-state index is 13.1. The summed E-state index contributed by atoms with van der Waals surface area (Å²) in [5.41, 5.74) is 0. The van der Waals surface area contributed by atoms with Crippen LogP contribution in [-0.4, -0.2) is 65.6 Å². The minimum Gasteiger partial charge on any atom is -0.353 e. The molecular weight excluding hydrogens is 358 g/mol. The minimum atomic E-state index is -0.0762. The average Bonchev–Trinajstić information content (AvgIpc) is 2.66. The van der Waals surface area contributed by atoms with E-state index in [4.69, 9.17) is 0 Å². The zero-order valence-corrected chi connectivity index (χ0v) is 17.8. The molecule has 0 saturated carbocycles. The Morgan fingerprint density at radius 1 is 1.07 bits per heavy atom. The van der Waals surface area contributed by atoms with Gasteiger partial charge in [-0.15, -0.1) is 11.8 Å². The van der Waals surface area contributed by atoms with Crippen LogP contribution in [0.5, 0.6) is 0 Å². The lowest BCUT2D eigenvalue weighted by Gasteiger charge is -2.36. The highest BCUT2D eigenvalue weighted by Crippen LogP contribution is 2.29. The highest BCUT2D eigenvalue weighted by atomic mass is 32.2. The molecule has 1 aromatic rings. The van der Waals surface area contributed by atoms with E-state index < -0.39 is 0 Å². The van der Waals surface area contributed by atoms with Crippen LogP contribution in [0.25, 0.3) is 0 Å². The van der Waals surface area contributed by atoms with Gasteiger partial charge in [0.05, 0.1) is 11.8 Å². The molecule has 5 nitrogen and oxygen atoms in total. The number of hydrogen-bond acceptors (Lipinski definition) is 4. The standard InChI is InChI=1S/C21H33N3O2S/c1-5-17(4)22-19(25)15-23-11-13-24(14-12-23)21(26)20(16(2)3)27-18-9-7-6-8-10-18/h6-10,16-17,20H,5,11-15H2,1-4H3,(H,22,25)/t17-,20-/m0/s1. The first-order valence-electron chi connectivity index (χ1n) is 9.93. The van der Waals surface area contributed by atoms with Crippen molar-refractivity contribution in [3.63, 3.8) is 0 Å². The summed E-state index contributed by atoms with van der Waals surface area (Å²) < 4.78 is 0. The number of nitrogens with zero attached hydrogens (tertiary/aromatic N) is 2. The van der Waals surface area contributed by atoms with Gasteiger partial charge < -0.3 is 10.2 Å². The maximum Gasteiger partial charge on any atom is 0.236 e. The minimum absolute atomic E-state index is 0.0730. The van der Waals surface area contributed by atoms with Gasteiger partial charge in [-0.05, 0) is 31.4 Å². The SMILES string of the molecule is CC[C@H](C)NC(=O)CN1CCN(C(=O)[C@@H](Sc2ccccc2)C(C)C)CC1. The summed E-state index contributed by atoms with van der Waals surface area (Å²) in [6.45, 7) is 11.6. The molecule has 1 aromatic carbocycles. The molecule has 0 unspecified atom stereocenters. The largest absolute Gasteiger partial charge is 0.353 e. The van der Waals surface area contributed by atoms with E-state index in [1.165, 1.54) is 0 Å². The monoisotopic (exact) mass is 391 g/mol. The Labute approximate surface area is 167 Å². The van der Waals surface area contributed by atoms with Gasteiger partial charge in [0, 0.05) is 37.1 Å². The van der Waals surface area contributed by atoms with Crippen LogP contribution in [-0.2, 0) is 9.59 Å². The molecule has 0 bridgehead atoms. The van der Waals surface area contributed by atoms with Crippen LogP contribution in [0.3, 0.4) is 0 Å². The van der Waals surface area contributed by atoms with E-state index in [-0.39, 0.29) is 29.0 Å². The van der Waals surface area contributed by atoms with Gasteiger partial charge in [-0.1, -0.05) is 39.0 Å². The lowest BCUT2D eigenvalue weighted by Crippen LogP contribution is -2.53. The molecule has 1 aliphatic rings. The van der Waals surface area contributed by atoms with Gasteiger partial charge in [0.15, 0.2) is 0 Å². The third kappa shape index (κ3) is 6.85. The molecule has 150 valence electrons. The molecule has 0 aromatic heterocycles. The highest BCUT2D eigenvalue weighted by Gasteiger charge is 2.30. The van der Waals surface area contributed by atoms with Crippen LogP contribution in [0.4, 0.5) is 0 Å². The molecule has 1 heterocycles. The zero-order chi connectivity index (χ0) is 19.8. The third-order valence-electron chi connectivity index (χ3n) is 4.93. The number of amides is 2. The first kappa shape index (κ1) is 21.8.